The van der Waals surface area contributed by atoms with Crippen molar-refractivity contribution in [1.82, 2.24) is 18.7 Å². The number of aromatic nitrogens is 4. The maximum absolute atomic E-state index is 11.0. The lowest BCUT2D eigenvalue weighted by Crippen LogP contribution is -1.92. The molecular formula is C10H6N4OS2. The van der Waals surface area contributed by atoms with Gasteiger partial charge in [-0.05, 0) is 11.5 Å². The molecule has 3 aromatic rings. The molecule has 0 spiro atoms. The molecular weight excluding hydrogens is 256 g/mol. The number of nitrogens with one attached hydrogen (secondary N) is 1. The zero-order chi connectivity index (χ0) is 11.7. The molecule has 1 aromatic carbocycles. The van der Waals surface area contributed by atoms with Crippen LogP contribution >= 0.6 is 23.1 Å². The molecule has 0 aliphatic rings. The van der Waals surface area contributed by atoms with Gasteiger partial charge in [-0.15, -0.1) is 0 Å². The van der Waals surface area contributed by atoms with Gasteiger partial charge in [0.05, 0.1) is 0 Å². The van der Waals surface area contributed by atoms with Crippen LogP contribution < -0.4 is 4.87 Å². The van der Waals surface area contributed by atoms with E-state index in [-0.39, 0.29) is 4.87 Å². The van der Waals surface area contributed by atoms with Crippen molar-refractivity contribution in [1.29, 1.82) is 0 Å². The van der Waals surface area contributed by atoms with Crippen LogP contribution in [0, 0.1) is 0 Å². The first-order valence-electron chi connectivity index (χ1n) is 4.78. The Morgan fingerprint density at radius 1 is 1.06 bits per heavy atom. The molecule has 0 saturated carbocycles. The molecule has 0 bridgehead atoms. The van der Waals surface area contributed by atoms with Crippen molar-refractivity contribution in [2.75, 3.05) is 0 Å². The molecule has 0 atom stereocenters. The van der Waals surface area contributed by atoms with E-state index in [1.54, 1.807) is 0 Å². The van der Waals surface area contributed by atoms with Gasteiger partial charge in [0.25, 0.3) is 0 Å². The van der Waals surface area contributed by atoms with Crippen LogP contribution in [0.2, 0.25) is 0 Å². The van der Waals surface area contributed by atoms with Crippen molar-refractivity contribution in [3.05, 3.63) is 40.0 Å². The molecule has 0 fully saturated rings. The first kappa shape index (κ1) is 10.3. The van der Waals surface area contributed by atoms with Gasteiger partial charge in [-0.3, -0.25) is 9.78 Å². The fourth-order valence-corrected chi connectivity index (χ4v) is 2.48. The lowest BCUT2D eigenvalue weighted by molar-refractivity contribution is 1.24. The Hall–Kier alpha value is -1.86. The Balaban J connectivity index is 2.01. The molecule has 0 aliphatic heterocycles. The highest BCUT2D eigenvalue weighted by Gasteiger charge is 2.10. The fourth-order valence-electron chi connectivity index (χ4n) is 1.35. The van der Waals surface area contributed by atoms with E-state index in [1.807, 2.05) is 30.3 Å². The van der Waals surface area contributed by atoms with E-state index in [0.717, 1.165) is 17.1 Å². The number of hydrogen-bond acceptors (Lipinski definition) is 6. The molecule has 0 unspecified atom stereocenters. The fraction of sp³-hybridized carbons (Fsp3) is 0. The lowest BCUT2D eigenvalue weighted by atomic mass is 10.2. The number of benzene rings is 1. The number of hydrogen-bond donors (Lipinski definition) is 1. The van der Waals surface area contributed by atoms with Crippen molar-refractivity contribution in [2.45, 2.75) is 0 Å². The van der Waals surface area contributed by atoms with E-state index in [4.69, 9.17) is 0 Å². The summed E-state index contributed by atoms with van der Waals surface area (Å²) in [5, 5.41) is 0.627. The Morgan fingerprint density at radius 3 is 2.59 bits per heavy atom. The van der Waals surface area contributed by atoms with E-state index in [2.05, 4.69) is 18.7 Å². The molecule has 7 heteroatoms. The second-order valence-electron chi connectivity index (χ2n) is 3.23. The molecule has 0 aliphatic carbocycles. The average molecular weight is 262 g/mol. The minimum Gasteiger partial charge on any atom is -0.293 e. The summed E-state index contributed by atoms with van der Waals surface area (Å²) in [6.45, 7) is 0. The van der Waals surface area contributed by atoms with Gasteiger partial charge < -0.3 is 0 Å². The Kier molecular flexibility index (Phi) is 2.54. The SMILES string of the molecule is O=c1[nH]c(-c2nc(-c3ccccc3)ns2)ns1. The van der Waals surface area contributed by atoms with Gasteiger partial charge in [-0.1, -0.05) is 30.3 Å². The second-order valence-corrected chi connectivity index (χ2v) is 4.72. The Bertz CT molecular complexity index is 685. The molecule has 0 amide bonds. The van der Waals surface area contributed by atoms with Gasteiger partial charge in [0.1, 0.15) is 0 Å². The third-order valence-electron chi connectivity index (χ3n) is 2.10. The number of H-pyrrole nitrogens is 1. The first-order chi connectivity index (χ1) is 8.33. The minimum atomic E-state index is -0.184. The number of aromatic amines is 1. The zero-order valence-corrected chi connectivity index (χ0v) is 10.1. The average Bonchev–Trinajstić information content (AvgIpc) is 2.98. The van der Waals surface area contributed by atoms with Crippen LogP contribution in [0.5, 0.6) is 0 Å². The van der Waals surface area contributed by atoms with E-state index in [1.165, 1.54) is 11.5 Å². The summed E-state index contributed by atoms with van der Waals surface area (Å²) >= 11 is 2.11. The van der Waals surface area contributed by atoms with Crippen LogP contribution in [0.15, 0.2) is 35.1 Å². The van der Waals surface area contributed by atoms with Gasteiger partial charge in [0, 0.05) is 17.1 Å². The van der Waals surface area contributed by atoms with Crippen LogP contribution in [-0.4, -0.2) is 18.7 Å². The Labute approximate surface area is 104 Å². The van der Waals surface area contributed by atoms with Gasteiger partial charge in [-0.2, -0.15) is 8.75 Å². The van der Waals surface area contributed by atoms with E-state index in [9.17, 15) is 4.79 Å². The largest absolute Gasteiger partial charge is 0.323 e. The second kappa shape index (κ2) is 4.19. The van der Waals surface area contributed by atoms with E-state index in [0.29, 0.717) is 16.7 Å². The van der Waals surface area contributed by atoms with Crippen LogP contribution in [0.4, 0.5) is 0 Å². The summed E-state index contributed by atoms with van der Waals surface area (Å²) in [7, 11) is 0. The summed E-state index contributed by atoms with van der Waals surface area (Å²) in [6, 6.07) is 9.68. The minimum absolute atomic E-state index is 0.184. The summed E-state index contributed by atoms with van der Waals surface area (Å²) in [6.07, 6.45) is 0. The van der Waals surface area contributed by atoms with Crippen molar-refractivity contribution < 1.29 is 0 Å². The maximum Gasteiger partial charge on any atom is 0.323 e. The van der Waals surface area contributed by atoms with Crippen LogP contribution in [-0.2, 0) is 0 Å². The maximum atomic E-state index is 11.0. The van der Waals surface area contributed by atoms with Gasteiger partial charge >= 0.3 is 4.87 Å². The molecule has 3 rings (SSSR count). The molecule has 0 saturated heterocycles. The quantitative estimate of drug-likeness (QED) is 0.767. The van der Waals surface area contributed by atoms with Crippen molar-refractivity contribution in [3.8, 4) is 22.2 Å². The molecule has 2 heterocycles. The summed E-state index contributed by atoms with van der Waals surface area (Å²) in [4.78, 5) is 17.8. The smallest absolute Gasteiger partial charge is 0.293 e. The highest BCUT2D eigenvalue weighted by atomic mass is 32.1. The van der Waals surface area contributed by atoms with Crippen LogP contribution in [0.3, 0.4) is 0 Å². The van der Waals surface area contributed by atoms with Gasteiger partial charge in [0.15, 0.2) is 16.7 Å². The summed E-state index contributed by atoms with van der Waals surface area (Å²) < 4.78 is 8.22. The molecule has 0 radical (unpaired) electrons. The van der Waals surface area contributed by atoms with Crippen molar-refractivity contribution in [2.24, 2.45) is 0 Å². The van der Waals surface area contributed by atoms with Gasteiger partial charge in [0.2, 0.25) is 0 Å². The van der Waals surface area contributed by atoms with E-state index >= 15 is 0 Å². The highest BCUT2D eigenvalue weighted by Crippen LogP contribution is 2.22. The molecule has 2 aromatic heterocycles. The Morgan fingerprint density at radius 2 is 1.88 bits per heavy atom. The summed E-state index contributed by atoms with van der Waals surface area (Å²) in [5.41, 5.74) is 0.951. The number of nitrogens with zero attached hydrogens (tertiary/aromatic N) is 3. The normalized spacial score (nSPS) is 10.6. The van der Waals surface area contributed by atoms with E-state index < -0.39 is 0 Å². The molecule has 17 heavy (non-hydrogen) atoms. The topological polar surface area (TPSA) is 71.5 Å². The third-order valence-corrected chi connectivity index (χ3v) is 3.36. The van der Waals surface area contributed by atoms with Crippen molar-refractivity contribution in [3.63, 3.8) is 0 Å². The summed E-state index contributed by atoms with van der Waals surface area (Å²) in [5.74, 6) is 1.14. The van der Waals surface area contributed by atoms with Gasteiger partial charge in [-0.25, -0.2) is 4.98 Å². The molecule has 84 valence electrons. The molecule has 5 nitrogen and oxygen atoms in total. The van der Waals surface area contributed by atoms with Crippen LogP contribution in [0.25, 0.3) is 22.2 Å². The highest BCUT2D eigenvalue weighted by molar-refractivity contribution is 7.09. The standard InChI is InChI=1S/C10H6N4OS2/c15-10-12-8(14-17-10)9-11-7(13-16-9)6-4-2-1-3-5-6/h1-5H,(H,12,14,15). The lowest BCUT2D eigenvalue weighted by Gasteiger charge is -1.91. The predicted molar refractivity (Wildman–Crippen MR) is 67.1 cm³/mol. The van der Waals surface area contributed by atoms with Crippen molar-refractivity contribution >= 4 is 23.1 Å². The third kappa shape index (κ3) is 2.02. The monoisotopic (exact) mass is 262 g/mol. The number of rotatable bonds is 2. The zero-order valence-electron chi connectivity index (χ0n) is 8.45. The predicted octanol–water partition coefficient (Wildman–Crippen LogP) is 2.02. The first-order valence-corrected chi connectivity index (χ1v) is 6.33. The van der Waals surface area contributed by atoms with Crippen LogP contribution in [0.1, 0.15) is 0 Å². The molecule has 1 N–H and O–H groups in total.